The molecular formula is C52H31N5S. The monoisotopic (exact) mass is 757 g/mol. The highest BCUT2D eigenvalue weighted by Crippen LogP contribution is 2.44. The van der Waals surface area contributed by atoms with Gasteiger partial charge in [-0.15, -0.1) is 11.3 Å². The van der Waals surface area contributed by atoms with E-state index in [0.717, 1.165) is 81.7 Å². The predicted octanol–water partition coefficient (Wildman–Crippen LogP) is 13.7. The first-order valence-corrected chi connectivity index (χ1v) is 20.2. The lowest BCUT2D eigenvalue weighted by atomic mass is 9.93. The first-order valence-electron chi connectivity index (χ1n) is 19.4. The Balaban J connectivity index is 1.13. The van der Waals surface area contributed by atoms with Crippen molar-refractivity contribution < 1.29 is 0 Å². The Labute approximate surface area is 337 Å². The highest BCUT2D eigenvalue weighted by molar-refractivity contribution is 7.25. The standard InChI is InChI=1S/C52H31N5S/c1-3-13-32(14-4-1)40-29-43-47(30-41(40)33-15-5-2-6-16-33)58-52-51(43)55-50(48(56-52)36-19-11-25-53-31-36)39-23-24-45(38-21-12-26-54-49(38)39)57-44-22-10-9-20-37(44)42-27-34-17-7-8-18-35(34)28-46(42)57/h1-31H. The number of thiophene rings is 1. The third-order valence-corrected chi connectivity index (χ3v) is 12.4. The zero-order valence-electron chi connectivity index (χ0n) is 31.0. The Hall–Kier alpha value is -7.54. The number of nitrogens with zero attached hydrogens (tertiary/aromatic N) is 5. The molecule has 7 aromatic carbocycles. The van der Waals surface area contributed by atoms with Gasteiger partial charge in [0.2, 0.25) is 0 Å². The molecule has 6 heteroatoms. The van der Waals surface area contributed by atoms with Crippen LogP contribution >= 0.6 is 11.3 Å². The van der Waals surface area contributed by atoms with Crippen LogP contribution in [0.15, 0.2) is 188 Å². The van der Waals surface area contributed by atoms with Crippen molar-refractivity contribution in [1.29, 1.82) is 0 Å². The lowest BCUT2D eigenvalue weighted by Gasteiger charge is -2.15. The van der Waals surface area contributed by atoms with Crippen LogP contribution in [0, 0.1) is 0 Å². The third-order valence-electron chi connectivity index (χ3n) is 11.3. The molecule has 12 rings (SSSR count). The third kappa shape index (κ3) is 5.09. The van der Waals surface area contributed by atoms with Crippen LogP contribution < -0.4 is 0 Å². The minimum absolute atomic E-state index is 0.775. The molecular weight excluding hydrogens is 727 g/mol. The van der Waals surface area contributed by atoms with Gasteiger partial charge in [0, 0.05) is 56.0 Å². The molecule has 12 aromatic rings. The second-order valence-electron chi connectivity index (χ2n) is 14.6. The number of para-hydroxylation sites is 1. The van der Waals surface area contributed by atoms with Crippen molar-refractivity contribution in [3.63, 3.8) is 0 Å². The quantitative estimate of drug-likeness (QED) is 0.175. The summed E-state index contributed by atoms with van der Waals surface area (Å²) < 4.78 is 3.53. The first kappa shape index (κ1) is 32.7. The lowest BCUT2D eigenvalue weighted by Crippen LogP contribution is -2.00. The number of benzene rings is 7. The Morgan fingerprint density at radius 1 is 0.431 bits per heavy atom. The van der Waals surface area contributed by atoms with Crippen LogP contribution in [0.2, 0.25) is 0 Å². The Morgan fingerprint density at radius 3 is 1.91 bits per heavy atom. The van der Waals surface area contributed by atoms with Gasteiger partial charge < -0.3 is 4.57 Å². The van der Waals surface area contributed by atoms with Crippen molar-refractivity contribution in [2.75, 3.05) is 0 Å². The molecule has 5 aromatic heterocycles. The molecule has 0 amide bonds. The minimum Gasteiger partial charge on any atom is -0.309 e. The van der Waals surface area contributed by atoms with Crippen LogP contribution in [0.1, 0.15) is 0 Å². The molecule has 0 spiro atoms. The maximum atomic E-state index is 5.60. The summed E-state index contributed by atoms with van der Waals surface area (Å²) in [6.07, 6.45) is 5.55. The average molecular weight is 758 g/mol. The average Bonchev–Trinajstić information content (AvgIpc) is 3.81. The van der Waals surface area contributed by atoms with Crippen LogP contribution in [0.3, 0.4) is 0 Å². The summed E-state index contributed by atoms with van der Waals surface area (Å²) in [5.41, 5.74) is 13.2. The molecule has 270 valence electrons. The Bertz CT molecular complexity index is 3560. The molecule has 0 saturated heterocycles. The maximum Gasteiger partial charge on any atom is 0.143 e. The molecule has 0 fully saturated rings. The van der Waals surface area contributed by atoms with Gasteiger partial charge in [0.15, 0.2) is 0 Å². The number of fused-ring (bicyclic) bond motifs is 8. The van der Waals surface area contributed by atoms with Gasteiger partial charge in [0.25, 0.3) is 0 Å². The SMILES string of the molecule is c1ccc(-c2cc3sc4nc(-c5cccnc5)c(-c5ccc(-n6c7ccccc7c7cc8ccccc8cc76)c6cccnc56)nc4c3cc2-c2ccccc2)cc1. The highest BCUT2D eigenvalue weighted by atomic mass is 32.1. The molecule has 5 nitrogen and oxygen atoms in total. The number of hydrogen-bond acceptors (Lipinski definition) is 5. The van der Waals surface area contributed by atoms with E-state index in [-0.39, 0.29) is 0 Å². The van der Waals surface area contributed by atoms with E-state index in [4.69, 9.17) is 15.0 Å². The Kier molecular flexibility index (Phi) is 7.33. The van der Waals surface area contributed by atoms with E-state index >= 15 is 0 Å². The molecule has 0 bridgehead atoms. The van der Waals surface area contributed by atoms with Crippen LogP contribution in [-0.4, -0.2) is 24.5 Å². The molecule has 0 radical (unpaired) electrons. The van der Waals surface area contributed by atoms with Gasteiger partial charge in [0.05, 0.1) is 33.6 Å². The molecule has 0 atom stereocenters. The molecule has 0 unspecified atom stereocenters. The van der Waals surface area contributed by atoms with Crippen molar-refractivity contribution in [2.45, 2.75) is 0 Å². The normalized spacial score (nSPS) is 11.8. The molecule has 58 heavy (non-hydrogen) atoms. The van der Waals surface area contributed by atoms with Crippen LogP contribution in [-0.2, 0) is 0 Å². The summed E-state index contributed by atoms with van der Waals surface area (Å²) in [5, 5.41) is 6.98. The highest BCUT2D eigenvalue weighted by Gasteiger charge is 2.23. The zero-order chi connectivity index (χ0) is 38.2. The van der Waals surface area contributed by atoms with Crippen molar-refractivity contribution in [3.05, 3.63) is 188 Å². The van der Waals surface area contributed by atoms with Gasteiger partial charge in [-0.1, -0.05) is 103 Å². The van der Waals surface area contributed by atoms with Gasteiger partial charge in [0.1, 0.15) is 10.3 Å². The molecule has 0 aliphatic rings. The lowest BCUT2D eigenvalue weighted by molar-refractivity contribution is 1.19. The summed E-state index contributed by atoms with van der Waals surface area (Å²) in [4.78, 5) is 21.5. The second-order valence-corrected chi connectivity index (χ2v) is 15.7. The summed E-state index contributed by atoms with van der Waals surface area (Å²) in [6.45, 7) is 0. The van der Waals surface area contributed by atoms with Gasteiger partial charge in [-0.25, -0.2) is 9.97 Å². The fourth-order valence-corrected chi connectivity index (χ4v) is 9.72. The number of pyridine rings is 2. The van der Waals surface area contributed by atoms with Crippen LogP contribution in [0.4, 0.5) is 0 Å². The topological polar surface area (TPSA) is 56.5 Å². The van der Waals surface area contributed by atoms with Crippen molar-refractivity contribution in [3.8, 4) is 50.5 Å². The van der Waals surface area contributed by atoms with Gasteiger partial charge >= 0.3 is 0 Å². The zero-order valence-corrected chi connectivity index (χ0v) is 31.9. The van der Waals surface area contributed by atoms with Gasteiger partial charge in [-0.2, -0.15) is 0 Å². The molecule has 5 heterocycles. The maximum absolute atomic E-state index is 5.60. The summed E-state index contributed by atoms with van der Waals surface area (Å²) in [6, 6.07) is 60.4. The van der Waals surface area contributed by atoms with Crippen molar-refractivity contribution in [1.82, 2.24) is 24.5 Å². The van der Waals surface area contributed by atoms with Gasteiger partial charge in [-0.05, 0) is 99.8 Å². The van der Waals surface area contributed by atoms with Crippen molar-refractivity contribution >= 4 is 75.3 Å². The minimum atomic E-state index is 0.775. The molecule has 0 N–H and O–H groups in total. The van der Waals surface area contributed by atoms with Gasteiger partial charge in [-0.3, -0.25) is 9.97 Å². The molecule has 0 saturated carbocycles. The Morgan fingerprint density at radius 2 is 1.12 bits per heavy atom. The van der Waals surface area contributed by atoms with Crippen LogP contribution in [0.25, 0.3) is 114 Å². The van der Waals surface area contributed by atoms with E-state index in [9.17, 15) is 0 Å². The summed E-state index contributed by atoms with van der Waals surface area (Å²) in [5.74, 6) is 0. The van der Waals surface area contributed by atoms with Crippen LogP contribution in [0.5, 0.6) is 0 Å². The second kappa shape index (κ2) is 13.0. The predicted molar refractivity (Wildman–Crippen MR) is 242 cm³/mol. The number of aromatic nitrogens is 5. The smallest absolute Gasteiger partial charge is 0.143 e. The molecule has 0 aliphatic carbocycles. The number of hydrogen-bond donors (Lipinski definition) is 0. The van der Waals surface area contributed by atoms with E-state index < -0.39 is 0 Å². The largest absolute Gasteiger partial charge is 0.309 e. The summed E-state index contributed by atoms with van der Waals surface area (Å²) >= 11 is 1.68. The van der Waals surface area contributed by atoms with E-state index in [0.29, 0.717) is 0 Å². The number of rotatable bonds is 5. The van der Waals surface area contributed by atoms with Crippen molar-refractivity contribution in [2.24, 2.45) is 0 Å². The van der Waals surface area contributed by atoms with E-state index in [2.05, 4.69) is 167 Å². The fourth-order valence-electron chi connectivity index (χ4n) is 8.68. The first-order chi connectivity index (χ1) is 28.8. The fraction of sp³-hybridized carbons (Fsp3) is 0. The van der Waals surface area contributed by atoms with E-state index in [1.807, 2.05) is 24.5 Å². The summed E-state index contributed by atoms with van der Waals surface area (Å²) in [7, 11) is 0. The molecule has 0 aliphatic heterocycles. The van der Waals surface area contributed by atoms with E-state index in [1.54, 1.807) is 17.5 Å². The van der Waals surface area contributed by atoms with E-state index in [1.165, 1.54) is 32.7 Å².